The summed E-state index contributed by atoms with van der Waals surface area (Å²) in [7, 11) is 0. The van der Waals surface area contributed by atoms with E-state index in [-0.39, 0.29) is 5.78 Å². The topological polar surface area (TPSA) is 17.1 Å². The predicted octanol–water partition coefficient (Wildman–Crippen LogP) is 3.30. The lowest BCUT2D eigenvalue weighted by atomic mass is 9.99. The largest absolute Gasteiger partial charge is 0.296 e. The minimum Gasteiger partial charge on any atom is -0.296 e. The normalized spacial score (nSPS) is 30.9. The van der Waals surface area contributed by atoms with Gasteiger partial charge in [-0.25, -0.2) is 0 Å². The van der Waals surface area contributed by atoms with Crippen LogP contribution >= 0.6 is 34.8 Å². The number of ketones is 1. The minimum atomic E-state index is -1.36. The number of alkyl halides is 3. The number of carbonyl (C=O) groups excluding carboxylic acids is 1. The highest BCUT2D eigenvalue weighted by Crippen LogP contribution is 2.36. The Kier molecular flexibility index (Phi) is 3.69. The third-order valence-corrected chi connectivity index (χ3v) is 3.84. The maximum Gasteiger partial charge on any atom is 0.192 e. The van der Waals surface area contributed by atoms with Crippen molar-refractivity contribution in [3.63, 3.8) is 0 Å². The van der Waals surface area contributed by atoms with Crippen LogP contribution in [0.2, 0.25) is 0 Å². The van der Waals surface area contributed by atoms with Crippen molar-refractivity contribution in [2.45, 2.75) is 41.8 Å². The molecule has 1 nitrogen and oxygen atoms in total. The van der Waals surface area contributed by atoms with Crippen molar-refractivity contribution in [2.24, 2.45) is 0 Å². The average Bonchev–Trinajstić information content (AvgIpc) is 2.01. The lowest BCUT2D eigenvalue weighted by molar-refractivity contribution is -0.120. The third kappa shape index (κ3) is 2.27. The number of rotatable bonds is 0. The number of hydrogen-bond acceptors (Lipinski definition) is 1. The van der Waals surface area contributed by atoms with Crippen LogP contribution in [0.5, 0.6) is 0 Å². The first-order valence-electron chi connectivity index (χ1n) is 4.10. The van der Waals surface area contributed by atoms with Gasteiger partial charge >= 0.3 is 0 Å². The molecule has 0 saturated heterocycles. The number of halogens is 3. The second kappa shape index (κ2) is 4.17. The van der Waals surface area contributed by atoms with Gasteiger partial charge in [-0.1, -0.05) is 36.0 Å². The van der Waals surface area contributed by atoms with Gasteiger partial charge in [0.2, 0.25) is 0 Å². The molecule has 0 aliphatic heterocycles. The number of carbonyl (C=O) groups is 1. The van der Waals surface area contributed by atoms with Crippen LogP contribution in [0.1, 0.15) is 32.1 Å². The molecule has 0 heterocycles. The van der Waals surface area contributed by atoms with Gasteiger partial charge in [0.05, 0.1) is 5.38 Å². The monoisotopic (exact) mass is 228 g/mol. The van der Waals surface area contributed by atoms with E-state index in [0.29, 0.717) is 6.42 Å². The van der Waals surface area contributed by atoms with E-state index in [1.54, 1.807) is 0 Å². The van der Waals surface area contributed by atoms with Gasteiger partial charge in [-0.15, -0.1) is 11.6 Å². The lowest BCUT2D eigenvalue weighted by Crippen LogP contribution is -2.36. The van der Waals surface area contributed by atoms with Crippen molar-refractivity contribution in [3.05, 3.63) is 0 Å². The molecule has 70 valence electrons. The fourth-order valence-corrected chi connectivity index (χ4v) is 1.99. The van der Waals surface area contributed by atoms with Gasteiger partial charge < -0.3 is 0 Å². The van der Waals surface area contributed by atoms with Crippen LogP contribution in [0.4, 0.5) is 0 Å². The van der Waals surface area contributed by atoms with Crippen molar-refractivity contribution in [3.8, 4) is 0 Å². The van der Waals surface area contributed by atoms with Crippen LogP contribution in [0.15, 0.2) is 0 Å². The Morgan fingerprint density at radius 2 is 1.92 bits per heavy atom. The van der Waals surface area contributed by atoms with Crippen molar-refractivity contribution in [2.75, 3.05) is 0 Å². The molecular formula is C8H11Cl3O. The Hall–Kier alpha value is 0.540. The summed E-state index contributed by atoms with van der Waals surface area (Å²) in [6.07, 6.45) is 4.10. The maximum atomic E-state index is 11.4. The van der Waals surface area contributed by atoms with Gasteiger partial charge in [0, 0.05) is 6.42 Å². The first-order chi connectivity index (χ1) is 5.55. The lowest BCUT2D eigenvalue weighted by Gasteiger charge is -2.25. The smallest absolute Gasteiger partial charge is 0.192 e. The van der Waals surface area contributed by atoms with Crippen LogP contribution < -0.4 is 0 Å². The van der Waals surface area contributed by atoms with Crippen molar-refractivity contribution >= 4 is 40.6 Å². The summed E-state index contributed by atoms with van der Waals surface area (Å²) in [5, 5.41) is -0.436. The van der Waals surface area contributed by atoms with E-state index in [1.165, 1.54) is 0 Å². The molecule has 1 atom stereocenters. The SMILES string of the molecule is O=C1CCCCCC(Cl)C1(Cl)Cl. The van der Waals surface area contributed by atoms with Crippen LogP contribution in [0, 0.1) is 0 Å². The molecule has 4 heteroatoms. The van der Waals surface area contributed by atoms with Crippen LogP contribution in [0.3, 0.4) is 0 Å². The number of hydrogen-bond donors (Lipinski definition) is 0. The van der Waals surface area contributed by atoms with Gasteiger partial charge in [-0.05, 0) is 12.8 Å². The Morgan fingerprint density at radius 1 is 1.25 bits per heavy atom. The van der Waals surface area contributed by atoms with E-state index in [4.69, 9.17) is 34.8 Å². The molecule has 0 aromatic heterocycles. The molecule has 1 saturated carbocycles. The van der Waals surface area contributed by atoms with E-state index in [1.807, 2.05) is 0 Å². The van der Waals surface area contributed by atoms with Crippen molar-refractivity contribution in [1.29, 1.82) is 0 Å². The highest BCUT2D eigenvalue weighted by atomic mass is 35.5. The van der Waals surface area contributed by atoms with Gasteiger partial charge in [0.25, 0.3) is 0 Å². The van der Waals surface area contributed by atoms with E-state index < -0.39 is 9.71 Å². The van der Waals surface area contributed by atoms with Gasteiger partial charge in [-0.3, -0.25) is 4.79 Å². The van der Waals surface area contributed by atoms with Crippen LogP contribution in [0.25, 0.3) is 0 Å². The first kappa shape index (κ1) is 10.6. The molecule has 1 fully saturated rings. The Bertz CT molecular complexity index is 179. The molecule has 1 unspecified atom stereocenters. The van der Waals surface area contributed by atoms with Crippen molar-refractivity contribution < 1.29 is 4.79 Å². The molecule has 0 N–H and O–H groups in total. The predicted molar refractivity (Wildman–Crippen MR) is 52.2 cm³/mol. The molecule has 0 radical (unpaired) electrons. The zero-order valence-electron chi connectivity index (χ0n) is 6.66. The molecule has 1 aliphatic carbocycles. The molecule has 0 spiro atoms. The fourth-order valence-electron chi connectivity index (χ4n) is 1.31. The standard InChI is InChI=1S/C8H11Cl3O/c9-6-4-2-1-3-5-7(12)8(6,10)11/h6H,1-5H2. The summed E-state index contributed by atoms with van der Waals surface area (Å²) in [6, 6.07) is 0. The zero-order valence-corrected chi connectivity index (χ0v) is 8.92. The molecule has 0 aromatic carbocycles. The van der Waals surface area contributed by atoms with Crippen LogP contribution in [-0.2, 0) is 4.79 Å². The molecule has 0 amide bonds. The zero-order chi connectivity index (χ0) is 9.19. The maximum absolute atomic E-state index is 11.4. The Balaban J connectivity index is 2.69. The highest BCUT2D eigenvalue weighted by Gasteiger charge is 2.40. The third-order valence-electron chi connectivity index (χ3n) is 2.13. The Labute approximate surface area is 87.4 Å². The van der Waals surface area contributed by atoms with Gasteiger partial charge in [0.15, 0.2) is 10.1 Å². The first-order valence-corrected chi connectivity index (χ1v) is 5.29. The van der Waals surface area contributed by atoms with E-state index in [9.17, 15) is 4.79 Å². The van der Waals surface area contributed by atoms with E-state index in [0.717, 1.165) is 25.7 Å². The molecule has 0 bridgehead atoms. The second-order valence-corrected chi connectivity index (χ2v) is 5.03. The average molecular weight is 230 g/mol. The summed E-state index contributed by atoms with van der Waals surface area (Å²) >= 11 is 17.6. The van der Waals surface area contributed by atoms with E-state index >= 15 is 0 Å². The molecule has 1 aliphatic rings. The van der Waals surface area contributed by atoms with Gasteiger partial charge in [0.1, 0.15) is 0 Å². The summed E-state index contributed by atoms with van der Waals surface area (Å²) in [4.78, 5) is 11.4. The second-order valence-electron chi connectivity index (χ2n) is 3.11. The summed E-state index contributed by atoms with van der Waals surface area (Å²) in [5.41, 5.74) is 0. The molecule has 12 heavy (non-hydrogen) atoms. The van der Waals surface area contributed by atoms with E-state index in [2.05, 4.69) is 0 Å². The minimum absolute atomic E-state index is 0.134. The van der Waals surface area contributed by atoms with Gasteiger partial charge in [-0.2, -0.15) is 0 Å². The van der Waals surface area contributed by atoms with Crippen LogP contribution in [-0.4, -0.2) is 15.5 Å². The molecule has 0 aromatic rings. The highest BCUT2D eigenvalue weighted by molar-refractivity contribution is 6.61. The summed E-state index contributed by atoms with van der Waals surface area (Å²) in [5.74, 6) is -0.134. The Morgan fingerprint density at radius 3 is 2.58 bits per heavy atom. The quantitative estimate of drug-likeness (QED) is 0.583. The number of Topliss-reactive ketones (excluding diaryl/α,β-unsaturated/α-hetero) is 1. The van der Waals surface area contributed by atoms with Crippen molar-refractivity contribution in [1.82, 2.24) is 0 Å². The molecular weight excluding hydrogens is 218 g/mol. The summed E-state index contributed by atoms with van der Waals surface area (Å²) < 4.78 is -1.36. The fraction of sp³-hybridized carbons (Fsp3) is 0.875. The molecule has 1 rings (SSSR count). The summed E-state index contributed by atoms with van der Waals surface area (Å²) in [6.45, 7) is 0.